The van der Waals surface area contributed by atoms with E-state index in [0.29, 0.717) is 0 Å². The zero-order valence-corrected chi connectivity index (χ0v) is 22.9. The van der Waals surface area contributed by atoms with Crippen LogP contribution in [0.3, 0.4) is 0 Å². The van der Waals surface area contributed by atoms with E-state index in [2.05, 4.69) is 108 Å². The third-order valence-corrected chi connectivity index (χ3v) is 8.87. The molecule has 0 saturated heterocycles. The maximum Gasteiger partial charge on any atom is 0.0928 e. The highest BCUT2D eigenvalue weighted by atomic mass is 14.8. The van der Waals surface area contributed by atoms with Crippen LogP contribution in [-0.4, -0.2) is 15.0 Å². The lowest BCUT2D eigenvalue weighted by Gasteiger charge is -2.19. The summed E-state index contributed by atoms with van der Waals surface area (Å²) in [5, 5.41) is 9.95. The second-order valence-electron chi connectivity index (χ2n) is 11.2. The molecular formula is C39H25N3. The zero-order chi connectivity index (χ0) is 27.6. The van der Waals surface area contributed by atoms with E-state index >= 15 is 0 Å². The Morgan fingerprint density at radius 2 is 1.19 bits per heavy atom. The molecular weight excluding hydrogens is 510 g/mol. The van der Waals surface area contributed by atoms with Crippen molar-refractivity contribution in [3.05, 3.63) is 139 Å². The predicted molar refractivity (Wildman–Crippen MR) is 174 cm³/mol. The quantitative estimate of drug-likeness (QED) is 0.207. The summed E-state index contributed by atoms with van der Waals surface area (Å²) in [5.41, 5.74) is 8.93. The van der Waals surface area contributed by atoms with Gasteiger partial charge in [-0.3, -0.25) is 9.97 Å². The van der Waals surface area contributed by atoms with Gasteiger partial charge in [-0.05, 0) is 109 Å². The highest BCUT2D eigenvalue weighted by Gasteiger charge is 2.20. The second kappa shape index (κ2) is 9.05. The van der Waals surface area contributed by atoms with E-state index in [0.717, 1.165) is 46.3 Å². The first-order valence-corrected chi connectivity index (χ1v) is 14.5. The molecule has 1 aliphatic carbocycles. The maximum absolute atomic E-state index is 5.24. The summed E-state index contributed by atoms with van der Waals surface area (Å²) in [6.07, 6.45) is 7.70. The first kappa shape index (κ1) is 23.3. The smallest absolute Gasteiger partial charge is 0.0928 e. The summed E-state index contributed by atoms with van der Waals surface area (Å²) in [7, 11) is 0. The van der Waals surface area contributed by atoms with Crippen molar-refractivity contribution in [2.45, 2.75) is 12.8 Å². The Morgan fingerprint density at radius 3 is 1.98 bits per heavy atom. The van der Waals surface area contributed by atoms with Gasteiger partial charge in [-0.2, -0.15) is 0 Å². The molecule has 0 amide bonds. The van der Waals surface area contributed by atoms with Crippen molar-refractivity contribution in [2.75, 3.05) is 0 Å². The highest BCUT2D eigenvalue weighted by molar-refractivity contribution is 6.25. The van der Waals surface area contributed by atoms with Gasteiger partial charge in [0.05, 0.1) is 17.1 Å². The van der Waals surface area contributed by atoms with Crippen LogP contribution in [-0.2, 0) is 12.8 Å². The zero-order valence-electron chi connectivity index (χ0n) is 22.9. The van der Waals surface area contributed by atoms with Gasteiger partial charge in [0.1, 0.15) is 0 Å². The molecule has 9 rings (SSSR count). The standard InChI is InChI=1S/C39H25N3/c1-2-9-31-29(7-1)30-8-3-4-10-32(30)34-21-26(13-15-33(31)34)28-20-27-17-19-40-23-36(27)35(22-28)37-16-14-25-12-11-24-6-5-18-41-38(24)39(25)42-37/h1-10,13-23H,11-12H2. The Balaban J connectivity index is 1.28. The summed E-state index contributed by atoms with van der Waals surface area (Å²) in [5.74, 6) is 0. The lowest BCUT2D eigenvalue weighted by molar-refractivity contribution is 0.913. The van der Waals surface area contributed by atoms with Crippen LogP contribution in [0.1, 0.15) is 11.1 Å². The number of hydrogen-bond donors (Lipinski definition) is 0. The third-order valence-electron chi connectivity index (χ3n) is 8.87. The topological polar surface area (TPSA) is 38.7 Å². The third kappa shape index (κ3) is 3.50. The largest absolute Gasteiger partial charge is 0.264 e. The van der Waals surface area contributed by atoms with Crippen molar-refractivity contribution < 1.29 is 0 Å². The van der Waals surface area contributed by atoms with E-state index in [9.17, 15) is 0 Å². The van der Waals surface area contributed by atoms with E-state index in [-0.39, 0.29) is 0 Å². The van der Waals surface area contributed by atoms with Gasteiger partial charge in [0.15, 0.2) is 0 Å². The Bertz CT molecular complexity index is 2330. The van der Waals surface area contributed by atoms with Crippen molar-refractivity contribution in [3.8, 4) is 33.8 Å². The van der Waals surface area contributed by atoms with Crippen molar-refractivity contribution in [3.63, 3.8) is 0 Å². The van der Waals surface area contributed by atoms with Crippen LogP contribution in [0.15, 0.2) is 128 Å². The summed E-state index contributed by atoms with van der Waals surface area (Å²) < 4.78 is 0. The molecule has 5 aromatic carbocycles. The molecule has 3 heterocycles. The minimum absolute atomic E-state index is 0.948. The molecule has 1 aliphatic rings. The fraction of sp³-hybridized carbons (Fsp3) is 0.0513. The molecule has 196 valence electrons. The van der Waals surface area contributed by atoms with E-state index in [1.54, 1.807) is 0 Å². The van der Waals surface area contributed by atoms with E-state index < -0.39 is 0 Å². The minimum Gasteiger partial charge on any atom is -0.264 e. The van der Waals surface area contributed by atoms with Gasteiger partial charge in [-0.25, -0.2) is 4.98 Å². The summed E-state index contributed by atoms with van der Waals surface area (Å²) in [6, 6.07) is 39.6. The predicted octanol–water partition coefficient (Wildman–Crippen LogP) is 9.58. The normalized spacial score (nSPS) is 12.6. The van der Waals surface area contributed by atoms with Crippen LogP contribution < -0.4 is 0 Å². The first-order valence-electron chi connectivity index (χ1n) is 14.5. The van der Waals surface area contributed by atoms with E-state index in [4.69, 9.17) is 9.97 Å². The summed E-state index contributed by atoms with van der Waals surface area (Å²) in [4.78, 5) is 14.5. The number of benzene rings is 5. The number of aryl methyl sites for hydroxylation is 2. The van der Waals surface area contributed by atoms with Gasteiger partial charge >= 0.3 is 0 Å². The number of aromatic nitrogens is 3. The highest BCUT2D eigenvalue weighted by Crippen LogP contribution is 2.40. The Kier molecular flexibility index (Phi) is 5.02. The van der Waals surface area contributed by atoms with Gasteiger partial charge in [0.25, 0.3) is 0 Å². The van der Waals surface area contributed by atoms with Crippen LogP contribution in [0, 0.1) is 0 Å². The molecule has 8 aromatic rings. The maximum atomic E-state index is 5.24. The number of fused-ring (bicyclic) bond motifs is 10. The van der Waals surface area contributed by atoms with Gasteiger partial charge < -0.3 is 0 Å². The molecule has 0 atom stereocenters. The van der Waals surface area contributed by atoms with Crippen molar-refractivity contribution >= 4 is 43.1 Å². The molecule has 0 saturated carbocycles. The molecule has 0 N–H and O–H groups in total. The number of rotatable bonds is 2. The van der Waals surface area contributed by atoms with Gasteiger partial charge in [-0.1, -0.05) is 72.8 Å². The molecule has 0 aliphatic heterocycles. The van der Waals surface area contributed by atoms with Gasteiger partial charge in [0.2, 0.25) is 0 Å². The van der Waals surface area contributed by atoms with Crippen LogP contribution in [0.25, 0.3) is 76.9 Å². The lowest BCUT2D eigenvalue weighted by atomic mass is 9.90. The fourth-order valence-electron chi connectivity index (χ4n) is 6.83. The van der Waals surface area contributed by atoms with E-state index in [1.165, 1.54) is 54.6 Å². The molecule has 42 heavy (non-hydrogen) atoms. The van der Waals surface area contributed by atoms with Crippen LogP contribution >= 0.6 is 0 Å². The number of nitrogens with zero attached hydrogens (tertiary/aromatic N) is 3. The molecule has 0 unspecified atom stereocenters. The summed E-state index contributed by atoms with van der Waals surface area (Å²) in [6.45, 7) is 0. The SMILES string of the molecule is c1cnc2c(c1)CCc1ccc(-c3cc(-c4ccc5c6ccccc6c6ccccc6c5c4)cc4ccncc34)nc1-2. The number of pyridine rings is 3. The Hall–Kier alpha value is -5.41. The second-order valence-corrected chi connectivity index (χ2v) is 11.2. The van der Waals surface area contributed by atoms with Gasteiger partial charge in [-0.15, -0.1) is 0 Å². The molecule has 0 radical (unpaired) electrons. The van der Waals surface area contributed by atoms with Crippen molar-refractivity contribution in [1.29, 1.82) is 0 Å². The van der Waals surface area contributed by atoms with E-state index in [1.807, 2.05) is 24.7 Å². The van der Waals surface area contributed by atoms with Crippen molar-refractivity contribution in [1.82, 2.24) is 15.0 Å². The monoisotopic (exact) mass is 535 g/mol. The molecule has 0 bridgehead atoms. The van der Waals surface area contributed by atoms with Crippen LogP contribution in [0.5, 0.6) is 0 Å². The molecule has 3 aromatic heterocycles. The van der Waals surface area contributed by atoms with Gasteiger partial charge in [0, 0.05) is 29.5 Å². The minimum atomic E-state index is 0.948. The van der Waals surface area contributed by atoms with Crippen LogP contribution in [0.2, 0.25) is 0 Å². The Labute approximate surface area is 243 Å². The average Bonchev–Trinajstić information content (AvgIpc) is 3.07. The van der Waals surface area contributed by atoms with Crippen molar-refractivity contribution in [2.24, 2.45) is 0 Å². The number of hydrogen-bond acceptors (Lipinski definition) is 3. The average molecular weight is 536 g/mol. The molecule has 0 fully saturated rings. The lowest BCUT2D eigenvalue weighted by Crippen LogP contribution is -2.07. The summed E-state index contributed by atoms with van der Waals surface area (Å²) >= 11 is 0. The fourth-order valence-corrected chi connectivity index (χ4v) is 6.83. The first-order chi connectivity index (χ1) is 20.8. The molecule has 3 heteroatoms. The Morgan fingerprint density at radius 1 is 0.476 bits per heavy atom. The van der Waals surface area contributed by atoms with Crippen LogP contribution in [0.4, 0.5) is 0 Å². The molecule has 0 spiro atoms. The molecule has 3 nitrogen and oxygen atoms in total.